The second-order valence-corrected chi connectivity index (χ2v) is 5.78. The summed E-state index contributed by atoms with van der Waals surface area (Å²) in [5.41, 5.74) is 5.51. The summed E-state index contributed by atoms with van der Waals surface area (Å²) >= 11 is 0. The fourth-order valence-corrected chi connectivity index (χ4v) is 2.92. The van der Waals surface area contributed by atoms with Crippen molar-refractivity contribution >= 4 is 16.7 Å². The third kappa shape index (κ3) is 5.28. The number of rotatable bonds is 5. The Labute approximate surface area is 93.4 Å². The van der Waals surface area contributed by atoms with Crippen LogP contribution in [-0.4, -0.2) is 33.7 Å². The SMILES string of the molecule is CC(N)CS(=O)CC(=O)NC1CCCC1. The van der Waals surface area contributed by atoms with Crippen LogP contribution in [0.4, 0.5) is 0 Å². The first-order valence-corrected chi connectivity index (χ1v) is 6.96. The van der Waals surface area contributed by atoms with E-state index in [2.05, 4.69) is 5.32 Å². The molecule has 15 heavy (non-hydrogen) atoms. The number of hydrogen-bond donors (Lipinski definition) is 2. The number of amides is 1. The molecule has 2 atom stereocenters. The quantitative estimate of drug-likeness (QED) is 0.708. The van der Waals surface area contributed by atoms with Gasteiger partial charge in [-0.25, -0.2) is 0 Å². The monoisotopic (exact) mass is 232 g/mol. The predicted molar refractivity (Wildman–Crippen MR) is 61.9 cm³/mol. The van der Waals surface area contributed by atoms with Crippen LogP contribution in [0.3, 0.4) is 0 Å². The van der Waals surface area contributed by atoms with Crippen LogP contribution < -0.4 is 11.1 Å². The van der Waals surface area contributed by atoms with Gasteiger partial charge >= 0.3 is 0 Å². The molecule has 4 nitrogen and oxygen atoms in total. The topological polar surface area (TPSA) is 72.2 Å². The van der Waals surface area contributed by atoms with Crippen LogP contribution in [0.25, 0.3) is 0 Å². The van der Waals surface area contributed by atoms with Gasteiger partial charge in [0, 0.05) is 28.6 Å². The molecule has 0 radical (unpaired) electrons. The minimum Gasteiger partial charge on any atom is -0.353 e. The maximum atomic E-state index is 11.4. The molecular weight excluding hydrogens is 212 g/mol. The molecule has 1 amide bonds. The fourth-order valence-electron chi connectivity index (χ4n) is 1.84. The number of hydrogen-bond acceptors (Lipinski definition) is 3. The van der Waals surface area contributed by atoms with Gasteiger partial charge in [0.2, 0.25) is 5.91 Å². The highest BCUT2D eigenvalue weighted by atomic mass is 32.2. The molecule has 88 valence electrons. The van der Waals surface area contributed by atoms with Crippen LogP contribution in [0.15, 0.2) is 0 Å². The second-order valence-electron chi connectivity index (χ2n) is 4.28. The Bertz CT molecular complexity index is 238. The van der Waals surface area contributed by atoms with E-state index in [1.807, 2.05) is 0 Å². The molecular formula is C10H20N2O2S. The molecule has 0 aromatic carbocycles. The number of carbonyl (C=O) groups excluding carboxylic acids is 1. The lowest BCUT2D eigenvalue weighted by molar-refractivity contribution is -0.119. The second kappa shape index (κ2) is 6.23. The van der Waals surface area contributed by atoms with Crippen LogP contribution in [-0.2, 0) is 15.6 Å². The zero-order chi connectivity index (χ0) is 11.3. The number of carbonyl (C=O) groups is 1. The molecule has 0 aromatic heterocycles. The van der Waals surface area contributed by atoms with E-state index >= 15 is 0 Å². The molecule has 1 aliphatic rings. The predicted octanol–water partition coefficient (Wildman–Crippen LogP) is 0.141. The largest absolute Gasteiger partial charge is 0.353 e. The van der Waals surface area contributed by atoms with Crippen molar-refractivity contribution in [3.8, 4) is 0 Å². The molecule has 0 aliphatic heterocycles. The van der Waals surface area contributed by atoms with E-state index in [-0.39, 0.29) is 17.7 Å². The summed E-state index contributed by atoms with van der Waals surface area (Å²) in [5.74, 6) is 0.400. The lowest BCUT2D eigenvalue weighted by atomic mass is 10.2. The van der Waals surface area contributed by atoms with Gasteiger partial charge in [-0.3, -0.25) is 9.00 Å². The minimum absolute atomic E-state index is 0.0953. The smallest absolute Gasteiger partial charge is 0.232 e. The van der Waals surface area contributed by atoms with Crippen LogP contribution in [0.5, 0.6) is 0 Å². The lowest BCUT2D eigenvalue weighted by Gasteiger charge is -2.11. The molecule has 1 saturated carbocycles. The van der Waals surface area contributed by atoms with E-state index in [1.54, 1.807) is 6.92 Å². The summed E-state index contributed by atoms with van der Waals surface area (Å²) in [6, 6.07) is 0.204. The number of nitrogens with one attached hydrogen (secondary N) is 1. The van der Waals surface area contributed by atoms with Gasteiger partial charge in [-0.15, -0.1) is 0 Å². The summed E-state index contributed by atoms with van der Waals surface area (Å²) in [6.45, 7) is 1.80. The van der Waals surface area contributed by atoms with Crippen molar-refractivity contribution in [2.45, 2.75) is 44.7 Å². The zero-order valence-corrected chi connectivity index (χ0v) is 10.0. The van der Waals surface area contributed by atoms with Gasteiger partial charge in [-0.1, -0.05) is 12.8 Å². The van der Waals surface area contributed by atoms with Crippen molar-refractivity contribution in [2.75, 3.05) is 11.5 Å². The molecule has 0 aromatic rings. The molecule has 1 fully saturated rings. The molecule has 0 saturated heterocycles. The highest BCUT2D eigenvalue weighted by Crippen LogP contribution is 2.17. The van der Waals surface area contributed by atoms with Crippen molar-refractivity contribution in [2.24, 2.45) is 5.73 Å². The van der Waals surface area contributed by atoms with Gasteiger partial charge in [-0.05, 0) is 19.8 Å². The van der Waals surface area contributed by atoms with Crippen LogP contribution in [0, 0.1) is 0 Å². The average Bonchev–Trinajstić information content (AvgIpc) is 2.53. The molecule has 2 unspecified atom stereocenters. The van der Waals surface area contributed by atoms with Crippen molar-refractivity contribution in [1.82, 2.24) is 5.32 Å². The maximum Gasteiger partial charge on any atom is 0.232 e. The van der Waals surface area contributed by atoms with Crippen LogP contribution in [0.2, 0.25) is 0 Å². The third-order valence-corrected chi connectivity index (χ3v) is 3.94. The Morgan fingerprint density at radius 2 is 2.13 bits per heavy atom. The molecule has 1 rings (SSSR count). The van der Waals surface area contributed by atoms with E-state index < -0.39 is 10.8 Å². The van der Waals surface area contributed by atoms with Crippen molar-refractivity contribution in [3.05, 3.63) is 0 Å². The Morgan fingerprint density at radius 1 is 1.53 bits per heavy atom. The van der Waals surface area contributed by atoms with E-state index in [0.29, 0.717) is 11.8 Å². The van der Waals surface area contributed by atoms with Crippen molar-refractivity contribution in [3.63, 3.8) is 0 Å². The number of nitrogens with two attached hydrogens (primary N) is 1. The van der Waals surface area contributed by atoms with Gasteiger partial charge in [0.25, 0.3) is 0 Å². The molecule has 1 aliphatic carbocycles. The van der Waals surface area contributed by atoms with E-state index in [0.717, 1.165) is 12.8 Å². The van der Waals surface area contributed by atoms with Crippen molar-refractivity contribution < 1.29 is 9.00 Å². The van der Waals surface area contributed by atoms with Crippen molar-refractivity contribution in [1.29, 1.82) is 0 Å². The Balaban J connectivity index is 2.19. The van der Waals surface area contributed by atoms with E-state index in [9.17, 15) is 9.00 Å². The van der Waals surface area contributed by atoms with Crippen LogP contribution in [0.1, 0.15) is 32.6 Å². The Hall–Kier alpha value is -0.420. The highest BCUT2D eigenvalue weighted by Gasteiger charge is 2.18. The first-order valence-electron chi connectivity index (χ1n) is 5.48. The van der Waals surface area contributed by atoms with Gasteiger partial charge in [0.05, 0.1) is 0 Å². The van der Waals surface area contributed by atoms with Gasteiger partial charge < -0.3 is 11.1 Å². The van der Waals surface area contributed by atoms with Gasteiger partial charge in [0.15, 0.2) is 0 Å². The molecule has 0 heterocycles. The summed E-state index contributed by atoms with van der Waals surface area (Å²) < 4.78 is 11.4. The standard InChI is InChI=1S/C10H20N2O2S/c1-8(11)6-15(14)7-10(13)12-9-4-2-3-5-9/h8-9H,2-7,11H2,1H3,(H,12,13). The first-order chi connectivity index (χ1) is 7.08. The Kier molecular flexibility index (Phi) is 5.25. The Morgan fingerprint density at radius 3 is 2.67 bits per heavy atom. The highest BCUT2D eigenvalue weighted by molar-refractivity contribution is 7.85. The average molecular weight is 232 g/mol. The molecule has 0 bridgehead atoms. The third-order valence-electron chi connectivity index (χ3n) is 2.46. The summed E-state index contributed by atoms with van der Waals surface area (Å²) in [6.07, 6.45) is 4.50. The van der Waals surface area contributed by atoms with Gasteiger partial charge in [0.1, 0.15) is 5.75 Å². The zero-order valence-electron chi connectivity index (χ0n) is 9.20. The lowest BCUT2D eigenvalue weighted by Crippen LogP contribution is -2.37. The maximum absolute atomic E-state index is 11.4. The summed E-state index contributed by atoms with van der Waals surface area (Å²) in [7, 11) is -1.12. The minimum atomic E-state index is -1.12. The van der Waals surface area contributed by atoms with Gasteiger partial charge in [-0.2, -0.15) is 0 Å². The van der Waals surface area contributed by atoms with E-state index in [1.165, 1.54) is 12.8 Å². The molecule has 0 spiro atoms. The normalized spacial score (nSPS) is 21.2. The van der Waals surface area contributed by atoms with Crippen LogP contribution >= 0.6 is 0 Å². The molecule has 3 N–H and O–H groups in total. The summed E-state index contributed by atoms with van der Waals surface area (Å²) in [5, 5.41) is 2.91. The van der Waals surface area contributed by atoms with E-state index in [4.69, 9.17) is 5.73 Å². The first kappa shape index (κ1) is 12.6. The summed E-state index contributed by atoms with van der Waals surface area (Å²) in [4.78, 5) is 11.4. The molecule has 5 heteroatoms. The fraction of sp³-hybridized carbons (Fsp3) is 0.900.